The molecule has 19 heavy (non-hydrogen) atoms. The SMILES string of the molecule is CC1CC(OCC(=O)c2ccccc2Br)CC(C)O1. The number of halogens is 1. The van der Waals surface area contributed by atoms with Crippen molar-refractivity contribution < 1.29 is 14.3 Å². The van der Waals surface area contributed by atoms with Gasteiger partial charge < -0.3 is 9.47 Å². The van der Waals surface area contributed by atoms with E-state index in [-0.39, 0.29) is 30.7 Å². The smallest absolute Gasteiger partial charge is 0.189 e. The first kappa shape index (κ1) is 14.7. The molecule has 2 rings (SSSR count). The summed E-state index contributed by atoms with van der Waals surface area (Å²) in [5.41, 5.74) is 0.677. The average molecular weight is 327 g/mol. The third-order valence-electron chi connectivity index (χ3n) is 3.28. The number of hydrogen-bond acceptors (Lipinski definition) is 3. The van der Waals surface area contributed by atoms with Gasteiger partial charge in [0.25, 0.3) is 0 Å². The zero-order valence-electron chi connectivity index (χ0n) is 11.3. The van der Waals surface area contributed by atoms with Crippen molar-refractivity contribution in [2.24, 2.45) is 0 Å². The fourth-order valence-electron chi connectivity index (χ4n) is 2.44. The van der Waals surface area contributed by atoms with Gasteiger partial charge in [-0.1, -0.05) is 34.1 Å². The van der Waals surface area contributed by atoms with E-state index in [9.17, 15) is 4.79 Å². The summed E-state index contributed by atoms with van der Waals surface area (Å²) in [6.07, 6.45) is 2.23. The van der Waals surface area contributed by atoms with Crippen molar-refractivity contribution in [3.63, 3.8) is 0 Å². The fraction of sp³-hybridized carbons (Fsp3) is 0.533. The van der Waals surface area contributed by atoms with Crippen LogP contribution in [0, 0.1) is 0 Å². The Morgan fingerprint density at radius 3 is 2.58 bits per heavy atom. The highest BCUT2D eigenvalue weighted by Gasteiger charge is 2.25. The van der Waals surface area contributed by atoms with Gasteiger partial charge in [0.1, 0.15) is 6.61 Å². The second-order valence-electron chi connectivity index (χ2n) is 5.06. The maximum atomic E-state index is 12.1. The van der Waals surface area contributed by atoms with Crippen LogP contribution >= 0.6 is 15.9 Å². The molecule has 3 nitrogen and oxygen atoms in total. The summed E-state index contributed by atoms with van der Waals surface area (Å²) in [4.78, 5) is 12.1. The molecule has 1 saturated heterocycles. The van der Waals surface area contributed by atoms with Gasteiger partial charge in [-0.2, -0.15) is 0 Å². The first-order chi connectivity index (χ1) is 9.06. The first-order valence-corrected chi connectivity index (χ1v) is 7.40. The predicted molar refractivity (Wildman–Crippen MR) is 77.5 cm³/mol. The first-order valence-electron chi connectivity index (χ1n) is 6.61. The summed E-state index contributed by atoms with van der Waals surface area (Å²) < 4.78 is 12.2. The zero-order chi connectivity index (χ0) is 13.8. The van der Waals surface area contributed by atoms with E-state index in [0.29, 0.717) is 5.56 Å². The Hall–Kier alpha value is -0.710. The van der Waals surface area contributed by atoms with Crippen LogP contribution in [0.1, 0.15) is 37.0 Å². The molecule has 1 fully saturated rings. The number of carbonyl (C=O) groups is 1. The van der Waals surface area contributed by atoms with Gasteiger partial charge in [0, 0.05) is 10.0 Å². The number of hydrogen-bond donors (Lipinski definition) is 0. The number of carbonyl (C=O) groups excluding carboxylic acids is 1. The van der Waals surface area contributed by atoms with Gasteiger partial charge in [0.2, 0.25) is 0 Å². The summed E-state index contributed by atoms with van der Waals surface area (Å²) in [7, 11) is 0. The van der Waals surface area contributed by atoms with Crippen molar-refractivity contribution >= 4 is 21.7 Å². The standard InChI is InChI=1S/C15H19BrO3/c1-10-7-12(8-11(2)19-10)18-9-15(17)13-5-3-4-6-14(13)16/h3-6,10-12H,7-9H2,1-2H3. The summed E-state index contributed by atoms with van der Waals surface area (Å²) >= 11 is 3.39. The van der Waals surface area contributed by atoms with Crippen LogP contribution in [0.4, 0.5) is 0 Å². The van der Waals surface area contributed by atoms with Crippen LogP contribution in [0.25, 0.3) is 0 Å². The second kappa shape index (κ2) is 6.64. The van der Waals surface area contributed by atoms with Gasteiger partial charge in [0.05, 0.1) is 18.3 Å². The lowest BCUT2D eigenvalue weighted by Crippen LogP contribution is -2.35. The second-order valence-corrected chi connectivity index (χ2v) is 5.92. The molecular weight excluding hydrogens is 308 g/mol. The zero-order valence-corrected chi connectivity index (χ0v) is 12.9. The summed E-state index contributed by atoms with van der Waals surface area (Å²) in [6, 6.07) is 7.43. The third-order valence-corrected chi connectivity index (χ3v) is 3.97. The quantitative estimate of drug-likeness (QED) is 0.793. The Kier molecular flexibility index (Phi) is 5.13. The van der Waals surface area contributed by atoms with Gasteiger partial charge in [0.15, 0.2) is 5.78 Å². The van der Waals surface area contributed by atoms with Crippen LogP contribution < -0.4 is 0 Å². The molecule has 0 bridgehead atoms. The summed E-state index contributed by atoms with van der Waals surface area (Å²) in [5, 5.41) is 0. The Morgan fingerprint density at radius 2 is 1.95 bits per heavy atom. The molecule has 0 radical (unpaired) electrons. The van der Waals surface area contributed by atoms with E-state index in [1.54, 1.807) is 0 Å². The van der Waals surface area contributed by atoms with Crippen molar-refractivity contribution in [3.05, 3.63) is 34.3 Å². The monoisotopic (exact) mass is 326 g/mol. The Labute approximate surface area is 122 Å². The molecule has 1 aliphatic heterocycles. The number of ether oxygens (including phenoxy) is 2. The van der Waals surface area contributed by atoms with Crippen LogP contribution in [-0.4, -0.2) is 30.7 Å². The molecule has 1 heterocycles. The molecule has 0 spiro atoms. The molecule has 104 valence electrons. The topological polar surface area (TPSA) is 35.5 Å². The van der Waals surface area contributed by atoms with Gasteiger partial charge in [-0.25, -0.2) is 0 Å². The Morgan fingerprint density at radius 1 is 1.32 bits per heavy atom. The largest absolute Gasteiger partial charge is 0.375 e. The lowest BCUT2D eigenvalue weighted by Gasteiger charge is -2.31. The maximum absolute atomic E-state index is 12.1. The Bertz CT molecular complexity index is 437. The minimum atomic E-state index is 0.0132. The third kappa shape index (κ3) is 4.13. The average Bonchev–Trinajstić information content (AvgIpc) is 2.35. The predicted octanol–water partition coefficient (Wildman–Crippen LogP) is 3.60. The molecule has 0 saturated carbocycles. The highest BCUT2D eigenvalue weighted by atomic mass is 79.9. The van der Waals surface area contributed by atoms with Crippen molar-refractivity contribution in [1.29, 1.82) is 0 Å². The van der Waals surface area contributed by atoms with Crippen LogP contribution in [0.5, 0.6) is 0 Å². The van der Waals surface area contributed by atoms with E-state index in [1.165, 1.54) is 0 Å². The van der Waals surface area contributed by atoms with Gasteiger partial charge in [-0.05, 0) is 32.8 Å². The van der Waals surface area contributed by atoms with E-state index >= 15 is 0 Å². The molecule has 2 atom stereocenters. The molecule has 1 aromatic rings. The minimum absolute atomic E-state index is 0.0132. The lowest BCUT2D eigenvalue weighted by molar-refractivity contribution is -0.0975. The molecule has 0 amide bonds. The number of benzene rings is 1. The van der Waals surface area contributed by atoms with Gasteiger partial charge in [-0.3, -0.25) is 4.79 Å². The van der Waals surface area contributed by atoms with E-state index < -0.39 is 0 Å². The highest BCUT2D eigenvalue weighted by molar-refractivity contribution is 9.10. The molecule has 0 aliphatic carbocycles. The van der Waals surface area contributed by atoms with E-state index in [2.05, 4.69) is 15.9 Å². The number of Topliss-reactive ketones (excluding diaryl/α,β-unsaturated/α-hetero) is 1. The molecule has 1 aliphatic rings. The van der Waals surface area contributed by atoms with E-state index in [0.717, 1.165) is 17.3 Å². The summed E-state index contributed by atoms with van der Waals surface area (Å²) in [6.45, 7) is 4.22. The van der Waals surface area contributed by atoms with Crippen LogP contribution in [0.2, 0.25) is 0 Å². The van der Waals surface area contributed by atoms with Crippen LogP contribution in [0.3, 0.4) is 0 Å². The molecule has 0 aromatic heterocycles. The molecule has 2 unspecified atom stereocenters. The highest BCUT2D eigenvalue weighted by Crippen LogP contribution is 2.22. The number of ketones is 1. The van der Waals surface area contributed by atoms with E-state index in [1.807, 2.05) is 38.1 Å². The van der Waals surface area contributed by atoms with Crippen LogP contribution in [0.15, 0.2) is 28.7 Å². The van der Waals surface area contributed by atoms with Gasteiger partial charge >= 0.3 is 0 Å². The van der Waals surface area contributed by atoms with Crippen molar-refractivity contribution in [2.45, 2.75) is 45.0 Å². The molecule has 0 N–H and O–H groups in total. The Balaban J connectivity index is 1.89. The van der Waals surface area contributed by atoms with Crippen molar-refractivity contribution in [1.82, 2.24) is 0 Å². The van der Waals surface area contributed by atoms with Crippen LogP contribution in [-0.2, 0) is 9.47 Å². The van der Waals surface area contributed by atoms with E-state index in [4.69, 9.17) is 9.47 Å². The lowest BCUT2D eigenvalue weighted by atomic mass is 10.0. The normalized spacial score (nSPS) is 27.2. The number of rotatable bonds is 4. The van der Waals surface area contributed by atoms with Crippen molar-refractivity contribution in [2.75, 3.05) is 6.61 Å². The van der Waals surface area contributed by atoms with Crippen molar-refractivity contribution in [3.8, 4) is 0 Å². The maximum Gasteiger partial charge on any atom is 0.189 e. The van der Waals surface area contributed by atoms with Gasteiger partial charge in [-0.15, -0.1) is 0 Å². The summed E-state index contributed by atoms with van der Waals surface area (Å²) in [5.74, 6) is 0.0132. The molecule has 4 heteroatoms. The molecular formula is C15H19BrO3. The molecule has 1 aromatic carbocycles. The fourth-order valence-corrected chi connectivity index (χ4v) is 2.94. The minimum Gasteiger partial charge on any atom is -0.375 e.